The SMILES string of the molecule is COC(=O)CNC(=O)C1CCN(c2nc3c(-c4cccc(C)c4)csc3c(=O)[nH]2)CC1. The second kappa shape index (κ2) is 8.89. The van der Waals surface area contributed by atoms with Gasteiger partial charge in [0.05, 0.1) is 12.6 Å². The number of aromatic nitrogens is 2. The number of carbonyl (C=O) groups is 2. The Kier molecular flexibility index (Phi) is 6.03. The largest absolute Gasteiger partial charge is 0.468 e. The van der Waals surface area contributed by atoms with E-state index in [1.165, 1.54) is 18.4 Å². The van der Waals surface area contributed by atoms with Crippen LogP contribution in [0.25, 0.3) is 21.3 Å². The number of rotatable bonds is 5. The molecule has 1 saturated heterocycles. The van der Waals surface area contributed by atoms with Crippen molar-refractivity contribution in [2.75, 3.05) is 31.6 Å². The summed E-state index contributed by atoms with van der Waals surface area (Å²) in [5.74, 6) is -0.277. The lowest BCUT2D eigenvalue weighted by molar-refractivity contribution is -0.141. The van der Waals surface area contributed by atoms with E-state index >= 15 is 0 Å². The van der Waals surface area contributed by atoms with Crippen LogP contribution in [0.1, 0.15) is 18.4 Å². The Labute approximate surface area is 183 Å². The second-order valence-corrected chi connectivity index (χ2v) is 8.52. The number of thiophene rings is 1. The molecule has 3 aromatic rings. The van der Waals surface area contributed by atoms with Crippen LogP contribution < -0.4 is 15.8 Å². The van der Waals surface area contributed by atoms with Gasteiger partial charge in [0, 0.05) is 30.0 Å². The van der Waals surface area contributed by atoms with E-state index in [4.69, 9.17) is 4.98 Å². The lowest BCUT2D eigenvalue weighted by atomic mass is 9.96. The number of methoxy groups -OCH3 is 1. The predicted octanol–water partition coefficient (Wildman–Crippen LogP) is 2.47. The molecule has 9 heteroatoms. The number of benzene rings is 1. The molecule has 0 aliphatic carbocycles. The minimum atomic E-state index is -0.471. The molecular weight excluding hydrogens is 416 g/mol. The summed E-state index contributed by atoms with van der Waals surface area (Å²) < 4.78 is 5.16. The van der Waals surface area contributed by atoms with Gasteiger partial charge in [0.1, 0.15) is 11.2 Å². The minimum absolute atomic E-state index is 0.124. The highest BCUT2D eigenvalue weighted by Gasteiger charge is 2.27. The highest BCUT2D eigenvalue weighted by atomic mass is 32.1. The van der Waals surface area contributed by atoms with Crippen molar-refractivity contribution in [3.8, 4) is 11.1 Å². The Hall–Kier alpha value is -3.20. The smallest absolute Gasteiger partial charge is 0.325 e. The highest BCUT2D eigenvalue weighted by Crippen LogP contribution is 2.32. The fourth-order valence-corrected chi connectivity index (χ4v) is 4.72. The van der Waals surface area contributed by atoms with Gasteiger partial charge in [-0.25, -0.2) is 4.98 Å². The van der Waals surface area contributed by atoms with E-state index < -0.39 is 5.97 Å². The number of hydrogen-bond donors (Lipinski definition) is 2. The lowest BCUT2D eigenvalue weighted by Crippen LogP contribution is -2.42. The van der Waals surface area contributed by atoms with E-state index in [1.54, 1.807) is 0 Å². The molecule has 1 aromatic carbocycles. The first-order valence-corrected chi connectivity index (χ1v) is 11.0. The fraction of sp³-hybridized carbons (Fsp3) is 0.364. The van der Waals surface area contributed by atoms with Crippen LogP contribution in [-0.4, -0.2) is 48.6 Å². The van der Waals surface area contributed by atoms with Crippen LogP contribution in [0.3, 0.4) is 0 Å². The van der Waals surface area contributed by atoms with Gasteiger partial charge in [-0.2, -0.15) is 0 Å². The summed E-state index contributed by atoms with van der Waals surface area (Å²) in [6, 6.07) is 8.14. The Morgan fingerprint density at radius 1 is 1.32 bits per heavy atom. The molecule has 1 aliphatic rings. The van der Waals surface area contributed by atoms with Crippen molar-refractivity contribution in [2.24, 2.45) is 5.92 Å². The normalized spacial score (nSPS) is 14.6. The van der Waals surface area contributed by atoms with Crippen LogP contribution in [0.4, 0.5) is 5.95 Å². The molecule has 3 heterocycles. The number of aromatic amines is 1. The summed E-state index contributed by atoms with van der Waals surface area (Å²) in [7, 11) is 1.29. The van der Waals surface area contributed by atoms with Crippen molar-refractivity contribution in [1.29, 1.82) is 0 Å². The Morgan fingerprint density at radius 3 is 2.81 bits per heavy atom. The van der Waals surface area contributed by atoms with Gasteiger partial charge in [-0.05, 0) is 25.3 Å². The maximum absolute atomic E-state index is 12.7. The van der Waals surface area contributed by atoms with Gasteiger partial charge in [-0.15, -0.1) is 11.3 Å². The highest BCUT2D eigenvalue weighted by molar-refractivity contribution is 7.17. The summed E-state index contributed by atoms with van der Waals surface area (Å²) >= 11 is 1.40. The Balaban J connectivity index is 1.52. The van der Waals surface area contributed by atoms with Crippen LogP contribution >= 0.6 is 11.3 Å². The first-order valence-electron chi connectivity index (χ1n) is 10.1. The topological polar surface area (TPSA) is 104 Å². The number of nitrogens with one attached hydrogen (secondary N) is 2. The molecule has 0 bridgehead atoms. The van der Waals surface area contributed by atoms with Gasteiger partial charge in [0.25, 0.3) is 5.56 Å². The van der Waals surface area contributed by atoms with Gasteiger partial charge in [0.2, 0.25) is 11.9 Å². The van der Waals surface area contributed by atoms with E-state index in [0.717, 1.165) is 16.7 Å². The molecule has 2 N–H and O–H groups in total. The Bertz CT molecular complexity index is 1180. The second-order valence-electron chi connectivity index (χ2n) is 7.64. The van der Waals surface area contributed by atoms with Crippen LogP contribution in [-0.2, 0) is 14.3 Å². The van der Waals surface area contributed by atoms with Gasteiger partial charge in [-0.1, -0.05) is 29.8 Å². The summed E-state index contributed by atoms with van der Waals surface area (Å²) in [4.78, 5) is 45.9. The van der Waals surface area contributed by atoms with Crippen molar-refractivity contribution >= 4 is 39.4 Å². The van der Waals surface area contributed by atoms with E-state index in [9.17, 15) is 14.4 Å². The van der Waals surface area contributed by atoms with E-state index in [2.05, 4.69) is 21.1 Å². The van der Waals surface area contributed by atoms with Crippen molar-refractivity contribution < 1.29 is 14.3 Å². The number of aryl methyl sites for hydroxylation is 1. The monoisotopic (exact) mass is 440 g/mol. The molecular formula is C22H24N4O4S. The predicted molar refractivity (Wildman–Crippen MR) is 120 cm³/mol. The molecule has 1 aliphatic heterocycles. The minimum Gasteiger partial charge on any atom is -0.468 e. The van der Waals surface area contributed by atoms with Gasteiger partial charge < -0.3 is 15.0 Å². The zero-order chi connectivity index (χ0) is 22.0. The molecule has 8 nitrogen and oxygen atoms in total. The third-order valence-electron chi connectivity index (χ3n) is 5.54. The lowest BCUT2D eigenvalue weighted by Gasteiger charge is -2.31. The van der Waals surface area contributed by atoms with Crippen LogP contribution in [0.2, 0.25) is 0 Å². The standard InChI is InChI=1S/C22H24N4O4S/c1-13-4-3-5-15(10-13)16-12-31-19-18(16)24-22(25-21(19)29)26-8-6-14(7-9-26)20(28)23-11-17(27)30-2/h3-5,10,12,14H,6-9,11H2,1-2H3,(H,23,28)(H,24,25,29). The number of ether oxygens (including phenoxy) is 1. The van der Waals surface area contributed by atoms with Crippen molar-refractivity contribution in [3.05, 3.63) is 45.6 Å². The van der Waals surface area contributed by atoms with Gasteiger partial charge in [0.15, 0.2) is 0 Å². The molecule has 0 unspecified atom stereocenters. The Morgan fingerprint density at radius 2 is 2.10 bits per heavy atom. The number of carbonyl (C=O) groups excluding carboxylic acids is 2. The molecule has 162 valence electrons. The van der Waals surface area contributed by atoms with Crippen LogP contribution in [0.15, 0.2) is 34.4 Å². The number of H-pyrrole nitrogens is 1. The maximum atomic E-state index is 12.7. The molecule has 4 rings (SSSR count). The van der Waals surface area contributed by atoms with Crippen LogP contribution in [0.5, 0.6) is 0 Å². The molecule has 1 fully saturated rings. The van der Waals surface area contributed by atoms with Crippen molar-refractivity contribution in [1.82, 2.24) is 15.3 Å². The number of amides is 1. The van der Waals surface area contributed by atoms with Gasteiger partial charge in [-0.3, -0.25) is 19.4 Å². The molecule has 0 radical (unpaired) electrons. The number of hydrogen-bond acceptors (Lipinski definition) is 7. The van der Waals surface area contributed by atoms with Crippen molar-refractivity contribution in [2.45, 2.75) is 19.8 Å². The van der Waals surface area contributed by atoms with E-state index in [-0.39, 0.29) is 23.9 Å². The first kappa shape index (κ1) is 21.0. The molecule has 0 saturated carbocycles. The van der Waals surface area contributed by atoms with E-state index in [0.29, 0.717) is 42.1 Å². The number of piperidine rings is 1. The number of nitrogens with zero attached hydrogens (tertiary/aromatic N) is 2. The van der Waals surface area contributed by atoms with E-state index in [1.807, 2.05) is 35.4 Å². The molecule has 0 atom stereocenters. The zero-order valence-electron chi connectivity index (χ0n) is 17.4. The van der Waals surface area contributed by atoms with Crippen LogP contribution in [0, 0.1) is 12.8 Å². The molecule has 0 spiro atoms. The average Bonchev–Trinajstić information content (AvgIpc) is 3.22. The molecule has 1 amide bonds. The number of esters is 1. The van der Waals surface area contributed by atoms with Crippen molar-refractivity contribution in [3.63, 3.8) is 0 Å². The summed E-state index contributed by atoms with van der Waals surface area (Å²) in [6.45, 7) is 3.10. The number of fused-ring (bicyclic) bond motifs is 1. The zero-order valence-corrected chi connectivity index (χ0v) is 18.3. The summed E-state index contributed by atoms with van der Waals surface area (Å²) in [6.07, 6.45) is 1.23. The molecule has 31 heavy (non-hydrogen) atoms. The van der Waals surface area contributed by atoms with Gasteiger partial charge >= 0.3 is 5.97 Å². The summed E-state index contributed by atoms with van der Waals surface area (Å²) in [5.41, 5.74) is 3.69. The third kappa shape index (κ3) is 4.46. The fourth-order valence-electron chi connectivity index (χ4n) is 3.81. The molecule has 2 aromatic heterocycles. The first-order chi connectivity index (χ1) is 15.0. The summed E-state index contributed by atoms with van der Waals surface area (Å²) in [5, 5.41) is 4.59. The quantitative estimate of drug-likeness (QED) is 0.591. The maximum Gasteiger partial charge on any atom is 0.325 e. The number of anilines is 1. The average molecular weight is 441 g/mol. The third-order valence-corrected chi connectivity index (χ3v) is 6.51.